The molecule has 96 valence electrons. The fraction of sp³-hybridized carbons (Fsp3) is 0.688. The summed E-state index contributed by atoms with van der Waals surface area (Å²) >= 11 is 0. The van der Waals surface area contributed by atoms with E-state index in [2.05, 4.69) is 44.7 Å². The van der Waals surface area contributed by atoms with Gasteiger partial charge in [-0.1, -0.05) is 39.3 Å². The summed E-state index contributed by atoms with van der Waals surface area (Å²) in [4.78, 5) is 0. The van der Waals surface area contributed by atoms with E-state index < -0.39 is 7.26 Å². The Labute approximate surface area is 108 Å². The van der Waals surface area contributed by atoms with E-state index in [4.69, 9.17) is 0 Å². The highest BCUT2D eigenvalue weighted by Gasteiger charge is 2.39. The van der Waals surface area contributed by atoms with Gasteiger partial charge in [-0.2, -0.15) is 0 Å². The second kappa shape index (κ2) is 7.91. The maximum absolute atomic E-state index is 3.53. The molecule has 0 saturated heterocycles. The molecule has 0 nitrogen and oxygen atoms in total. The van der Waals surface area contributed by atoms with Crippen LogP contribution in [0.1, 0.15) is 52.9 Å². The van der Waals surface area contributed by atoms with Crippen LogP contribution in [-0.2, 0) is 0 Å². The highest BCUT2D eigenvalue weighted by atomic mass is 31.2. The minimum absolute atomic E-state index is 0.889. The summed E-state index contributed by atoms with van der Waals surface area (Å²) in [6.45, 7) is 6.97. The molecule has 0 aliphatic heterocycles. The third-order valence-corrected chi connectivity index (χ3v) is 8.57. The molecule has 17 heavy (non-hydrogen) atoms. The molecule has 0 spiro atoms. The molecule has 1 aliphatic carbocycles. The fourth-order valence-corrected chi connectivity index (χ4v) is 7.51. The van der Waals surface area contributed by atoms with E-state index >= 15 is 0 Å². The number of unbranched alkanes of at least 4 members (excludes halogenated alkanes) is 2. The smallest absolute Gasteiger partial charge is 0.0753 e. The fourth-order valence-electron chi connectivity index (χ4n) is 2.66. The minimum Gasteiger partial charge on any atom is -0.0753 e. The lowest BCUT2D eigenvalue weighted by molar-refractivity contribution is 0.856. The maximum Gasteiger partial charge on any atom is 0.135 e. The lowest BCUT2D eigenvalue weighted by Crippen LogP contribution is -2.09. The second-order valence-electron chi connectivity index (χ2n) is 5.08. The van der Waals surface area contributed by atoms with Gasteiger partial charge in [-0.15, -0.1) is 0 Å². The molecule has 0 radical (unpaired) electrons. The molecule has 0 unspecified atom stereocenters. The summed E-state index contributed by atoms with van der Waals surface area (Å²) in [7, 11) is -0.889. The van der Waals surface area contributed by atoms with Gasteiger partial charge >= 0.3 is 0 Å². The zero-order chi connectivity index (χ0) is 12.6. The minimum atomic E-state index is -0.889. The predicted octanol–water partition coefficient (Wildman–Crippen LogP) is 5.62. The second-order valence-corrected chi connectivity index (χ2v) is 9.19. The highest BCUT2D eigenvalue weighted by molar-refractivity contribution is 7.80. The zero-order valence-corrected chi connectivity index (χ0v) is 12.7. The summed E-state index contributed by atoms with van der Waals surface area (Å²) in [6, 6.07) is 0. The van der Waals surface area contributed by atoms with Gasteiger partial charge in [0.05, 0.1) is 25.7 Å². The Balaban J connectivity index is 2.84. The van der Waals surface area contributed by atoms with Gasteiger partial charge in [0.2, 0.25) is 0 Å². The van der Waals surface area contributed by atoms with E-state index in [9.17, 15) is 0 Å². The number of allylic oxidation sites excluding steroid dienone is 3. The molecule has 0 aromatic carbocycles. The molecule has 0 heterocycles. The Kier molecular flexibility index (Phi) is 6.86. The third-order valence-electron chi connectivity index (χ3n) is 3.62. The van der Waals surface area contributed by atoms with Gasteiger partial charge in [-0.3, -0.25) is 0 Å². The molecule has 0 saturated carbocycles. The number of hydrogen-bond donors (Lipinski definition) is 0. The van der Waals surface area contributed by atoms with Crippen LogP contribution in [0.15, 0.2) is 29.3 Å². The summed E-state index contributed by atoms with van der Waals surface area (Å²) < 4.78 is 0. The monoisotopic (exact) mass is 251 g/mol. The first kappa shape index (κ1) is 14.7. The predicted molar refractivity (Wildman–Crippen MR) is 82.4 cm³/mol. The molecule has 1 heteroatoms. The molecule has 0 bridgehead atoms. The quantitative estimate of drug-likeness (QED) is 0.368. The number of rotatable bonds is 9. The maximum atomic E-state index is 3.53. The van der Waals surface area contributed by atoms with Crippen molar-refractivity contribution in [2.24, 2.45) is 0 Å². The van der Waals surface area contributed by atoms with Crippen molar-refractivity contribution < 1.29 is 0 Å². The van der Waals surface area contributed by atoms with Gasteiger partial charge in [0.15, 0.2) is 0 Å². The van der Waals surface area contributed by atoms with Crippen LogP contribution in [0, 0.1) is 0 Å². The molecule has 0 amide bonds. The first-order valence-electron chi connectivity index (χ1n) is 7.29. The zero-order valence-electron chi connectivity index (χ0n) is 11.8. The Morgan fingerprint density at radius 3 is 2.00 bits per heavy atom. The third kappa shape index (κ3) is 4.13. The average Bonchev–Trinajstić information content (AvgIpc) is 2.87. The van der Waals surface area contributed by atoms with Crippen molar-refractivity contribution in [2.75, 3.05) is 18.5 Å². The largest absolute Gasteiger partial charge is 0.135 e. The molecule has 0 atom stereocenters. The first-order valence-corrected chi connectivity index (χ1v) is 9.63. The molecule has 0 aromatic heterocycles. The van der Waals surface area contributed by atoms with Gasteiger partial charge < -0.3 is 0 Å². The molecule has 1 aliphatic rings. The Hall–Kier alpha value is -0.310. The lowest BCUT2D eigenvalue weighted by Gasteiger charge is -2.26. The van der Waals surface area contributed by atoms with Gasteiger partial charge in [-0.05, 0) is 37.5 Å². The summed E-state index contributed by atoms with van der Waals surface area (Å²) in [5, 5.41) is 1.58. The van der Waals surface area contributed by atoms with Gasteiger partial charge in [0.1, 0.15) is 5.31 Å². The van der Waals surface area contributed by atoms with Crippen LogP contribution in [-0.4, -0.2) is 18.5 Å². The topological polar surface area (TPSA) is 0 Å². The van der Waals surface area contributed by atoms with Crippen LogP contribution in [0.4, 0.5) is 0 Å². The standard InChI is InChI=1S/C16H28P/c1-4-7-14-17(13-6-3,15-8-5-2)16-11-9-10-12-16/h9-11H,4-8,13-15H2,1-3H3/q+1. The molecule has 0 fully saturated rings. The normalized spacial score (nSPS) is 14.4. The van der Waals surface area contributed by atoms with E-state index in [1.807, 2.05) is 0 Å². The van der Waals surface area contributed by atoms with Crippen LogP contribution >= 0.6 is 7.26 Å². The summed E-state index contributed by atoms with van der Waals surface area (Å²) in [5.41, 5.74) is 3.53. The van der Waals surface area contributed by atoms with Crippen molar-refractivity contribution in [1.82, 2.24) is 0 Å². The van der Waals surface area contributed by atoms with E-state index in [0.29, 0.717) is 0 Å². The van der Waals surface area contributed by atoms with Gasteiger partial charge in [0.25, 0.3) is 0 Å². The molecular formula is C16H28P+. The highest BCUT2D eigenvalue weighted by Crippen LogP contribution is 2.67. The van der Waals surface area contributed by atoms with Crippen molar-refractivity contribution in [3.05, 3.63) is 29.3 Å². The van der Waals surface area contributed by atoms with Crippen molar-refractivity contribution in [2.45, 2.75) is 52.9 Å². The van der Waals surface area contributed by atoms with Crippen LogP contribution in [0.5, 0.6) is 0 Å². The molecular weight excluding hydrogens is 223 g/mol. The van der Waals surface area contributed by atoms with Gasteiger partial charge in [-0.25, -0.2) is 0 Å². The Morgan fingerprint density at radius 1 is 0.941 bits per heavy atom. The lowest BCUT2D eigenvalue weighted by atomic mass is 10.4. The SMILES string of the molecule is CCCC[P+](CCC)(CCCC)C1=C=CC=C1. The average molecular weight is 251 g/mol. The first-order chi connectivity index (χ1) is 8.29. The van der Waals surface area contributed by atoms with Gasteiger partial charge in [0, 0.05) is 0 Å². The molecule has 1 rings (SSSR count). The molecule has 0 aromatic rings. The Bertz CT molecular complexity index is 297. The van der Waals surface area contributed by atoms with Crippen molar-refractivity contribution >= 4 is 7.26 Å². The summed E-state index contributed by atoms with van der Waals surface area (Å²) in [5.74, 6) is 0. The van der Waals surface area contributed by atoms with E-state index in [0.717, 1.165) is 0 Å². The van der Waals surface area contributed by atoms with Crippen LogP contribution < -0.4 is 0 Å². The van der Waals surface area contributed by atoms with Crippen LogP contribution in [0.2, 0.25) is 0 Å². The molecule has 0 N–H and O–H groups in total. The van der Waals surface area contributed by atoms with E-state index in [1.165, 1.54) is 50.6 Å². The Morgan fingerprint density at radius 2 is 1.59 bits per heavy atom. The van der Waals surface area contributed by atoms with E-state index in [1.54, 1.807) is 5.31 Å². The van der Waals surface area contributed by atoms with E-state index in [-0.39, 0.29) is 0 Å². The van der Waals surface area contributed by atoms with Crippen molar-refractivity contribution in [3.63, 3.8) is 0 Å². The van der Waals surface area contributed by atoms with Crippen LogP contribution in [0.25, 0.3) is 0 Å². The summed E-state index contributed by atoms with van der Waals surface area (Å²) in [6.07, 6.45) is 17.8. The van der Waals surface area contributed by atoms with Crippen molar-refractivity contribution in [3.8, 4) is 0 Å². The number of hydrogen-bond acceptors (Lipinski definition) is 0. The van der Waals surface area contributed by atoms with Crippen LogP contribution in [0.3, 0.4) is 0 Å². The van der Waals surface area contributed by atoms with Crippen molar-refractivity contribution in [1.29, 1.82) is 0 Å².